The molecule has 0 aliphatic heterocycles. The first kappa shape index (κ1) is 31.7. The zero-order valence-corrected chi connectivity index (χ0v) is 25.8. The van der Waals surface area contributed by atoms with E-state index in [4.69, 9.17) is 9.47 Å². The van der Waals surface area contributed by atoms with Crippen LogP contribution in [0.25, 0.3) is 0 Å². The van der Waals surface area contributed by atoms with Crippen LogP contribution >= 0.6 is 0 Å². The van der Waals surface area contributed by atoms with Gasteiger partial charge in [0.25, 0.3) is 0 Å². The lowest BCUT2D eigenvalue weighted by atomic mass is 9.94. The van der Waals surface area contributed by atoms with Crippen molar-refractivity contribution >= 4 is 27.6 Å². The number of nitrogens with zero attached hydrogens (tertiary/aromatic N) is 1. The van der Waals surface area contributed by atoms with E-state index in [0.29, 0.717) is 40.7 Å². The third-order valence-electron chi connectivity index (χ3n) is 7.57. The Bertz CT molecular complexity index is 1770. The fourth-order valence-corrected chi connectivity index (χ4v) is 6.85. The molecule has 1 aliphatic carbocycles. The number of carbonyl (C=O) groups excluding carboxylic acids is 1. The molecule has 234 valence electrons. The zero-order chi connectivity index (χ0) is 32.0. The molecule has 3 N–H and O–H groups in total. The molecule has 5 rings (SSSR count). The highest BCUT2D eigenvalue weighted by atomic mass is 32.2. The van der Waals surface area contributed by atoms with E-state index in [9.17, 15) is 23.1 Å². The van der Waals surface area contributed by atoms with Crippen LogP contribution in [-0.2, 0) is 21.2 Å². The van der Waals surface area contributed by atoms with Gasteiger partial charge in [0.1, 0.15) is 11.5 Å². The van der Waals surface area contributed by atoms with Crippen molar-refractivity contribution in [2.75, 3.05) is 5.32 Å². The van der Waals surface area contributed by atoms with E-state index in [-0.39, 0.29) is 35.7 Å². The molecule has 1 aliphatic rings. The SMILES string of the molecule is Cc1ccc(C)c(S(=O)(=O)NC2CCC(Oc3ccc(Oc4ccc(CC(=O)Nc5ccccc5C(=O)O)cn4)cc3)CC2)c1. The minimum Gasteiger partial charge on any atom is -0.490 e. The predicted octanol–water partition coefficient (Wildman–Crippen LogP) is 6.04. The average molecular weight is 630 g/mol. The number of benzene rings is 3. The molecular weight excluding hydrogens is 594 g/mol. The summed E-state index contributed by atoms with van der Waals surface area (Å²) in [6.45, 7) is 3.69. The number of aromatic nitrogens is 1. The fourth-order valence-electron chi connectivity index (χ4n) is 5.21. The molecule has 1 amide bonds. The van der Waals surface area contributed by atoms with E-state index in [0.717, 1.165) is 24.0 Å². The molecule has 4 aromatic rings. The quantitative estimate of drug-likeness (QED) is 0.182. The van der Waals surface area contributed by atoms with Gasteiger partial charge in [0.05, 0.1) is 28.7 Å². The third-order valence-corrected chi connectivity index (χ3v) is 9.23. The minimum absolute atomic E-state index is 0.0118. The van der Waals surface area contributed by atoms with E-state index in [1.165, 1.54) is 12.3 Å². The van der Waals surface area contributed by atoms with E-state index >= 15 is 0 Å². The van der Waals surface area contributed by atoms with Gasteiger partial charge < -0.3 is 19.9 Å². The Kier molecular flexibility index (Phi) is 9.80. The summed E-state index contributed by atoms with van der Waals surface area (Å²) in [6.07, 6.45) is 4.39. The number of rotatable bonds is 11. The van der Waals surface area contributed by atoms with Crippen LogP contribution in [0.3, 0.4) is 0 Å². The largest absolute Gasteiger partial charge is 0.490 e. The summed E-state index contributed by atoms with van der Waals surface area (Å²) >= 11 is 0. The Balaban J connectivity index is 1.08. The maximum absolute atomic E-state index is 13.0. The Morgan fingerprint density at radius 3 is 2.31 bits per heavy atom. The maximum atomic E-state index is 13.0. The number of hydrogen-bond acceptors (Lipinski definition) is 7. The van der Waals surface area contributed by atoms with Gasteiger partial charge in [0, 0.05) is 18.3 Å². The van der Waals surface area contributed by atoms with Gasteiger partial charge >= 0.3 is 5.97 Å². The standard InChI is InChI=1S/C34H35N3O7S/c1-22-7-8-23(2)31(19-22)45(41,42)37-25-10-12-26(13-11-25)43-27-14-16-28(17-15-27)44-33-18-9-24(21-35-33)20-32(38)36-30-6-4-3-5-29(30)34(39)40/h3-9,14-19,21,25-26,37H,10-13,20H2,1-2H3,(H,36,38)(H,39,40). The Morgan fingerprint density at radius 1 is 0.911 bits per heavy atom. The molecule has 1 fully saturated rings. The van der Waals surface area contributed by atoms with Crippen LogP contribution in [0.2, 0.25) is 0 Å². The van der Waals surface area contributed by atoms with Crippen molar-refractivity contribution in [1.82, 2.24) is 9.71 Å². The number of aryl methyl sites for hydroxylation is 2. The number of amides is 1. The highest BCUT2D eigenvalue weighted by molar-refractivity contribution is 7.89. The van der Waals surface area contributed by atoms with Crippen molar-refractivity contribution < 1.29 is 32.6 Å². The van der Waals surface area contributed by atoms with E-state index in [1.807, 2.05) is 31.2 Å². The summed E-state index contributed by atoms with van der Waals surface area (Å²) in [5, 5.41) is 11.9. The van der Waals surface area contributed by atoms with Crippen molar-refractivity contribution in [3.63, 3.8) is 0 Å². The van der Waals surface area contributed by atoms with Gasteiger partial charge in [-0.2, -0.15) is 0 Å². The van der Waals surface area contributed by atoms with E-state index < -0.39 is 16.0 Å². The topological polar surface area (TPSA) is 144 Å². The molecule has 1 aromatic heterocycles. The second kappa shape index (κ2) is 13.9. The molecule has 0 bridgehead atoms. The first-order valence-corrected chi connectivity index (χ1v) is 16.2. The molecule has 0 radical (unpaired) electrons. The number of pyridine rings is 1. The third kappa shape index (κ3) is 8.46. The normalized spacial score (nSPS) is 16.5. The number of anilines is 1. The first-order chi connectivity index (χ1) is 21.6. The van der Waals surface area contributed by atoms with Crippen LogP contribution in [0.15, 0.2) is 90.0 Å². The van der Waals surface area contributed by atoms with Crippen LogP contribution in [0.5, 0.6) is 17.4 Å². The highest BCUT2D eigenvalue weighted by Crippen LogP contribution is 2.28. The Labute approximate surface area is 262 Å². The van der Waals surface area contributed by atoms with Gasteiger partial charge in [0.2, 0.25) is 21.8 Å². The number of sulfonamides is 1. The van der Waals surface area contributed by atoms with Crippen molar-refractivity contribution in [3.05, 3.63) is 107 Å². The average Bonchev–Trinajstić information content (AvgIpc) is 3.01. The smallest absolute Gasteiger partial charge is 0.337 e. The number of para-hydroxylation sites is 1. The van der Waals surface area contributed by atoms with Crippen LogP contribution in [-0.4, -0.2) is 42.5 Å². The lowest BCUT2D eigenvalue weighted by molar-refractivity contribution is -0.115. The number of hydrogen-bond donors (Lipinski definition) is 3. The molecule has 0 saturated heterocycles. The van der Waals surface area contributed by atoms with Crippen LogP contribution in [0.1, 0.15) is 52.7 Å². The summed E-state index contributed by atoms with van der Waals surface area (Å²) in [7, 11) is -3.59. The molecule has 10 nitrogen and oxygen atoms in total. The van der Waals surface area contributed by atoms with Crippen LogP contribution in [0, 0.1) is 13.8 Å². The number of nitrogens with one attached hydrogen (secondary N) is 2. The van der Waals surface area contributed by atoms with Crippen molar-refractivity contribution in [2.24, 2.45) is 0 Å². The summed E-state index contributed by atoms with van der Waals surface area (Å²) < 4.78 is 40.8. The molecule has 0 unspecified atom stereocenters. The highest BCUT2D eigenvalue weighted by Gasteiger charge is 2.27. The first-order valence-electron chi connectivity index (χ1n) is 14.7. The molecule has 0 spiro atoms. The maximum Gasteiger partial charge on any atom is 0.337 e. The number of carbonyl (C=O) groups is 2. The van der Waals surface area contributed by atoms with Crippen molar-refractivity contribution in [3.8, 4) is 17.4 Å². The van der Waals surface area contributed by atoms with E-state index in [1.54, 1.807) is 55.5 Å². The predicted molar refractivity (Wildman–Crippen MR) is 169 cm³/mol. The Hall–Kier alpha value is -4.74. The van der Waals surface area contributed by atoms with Gasteiger partial charge in [0.15, 0.2) is 0 Å². The summed E-state index contributed by atoms with van der Waals surface area (Å²) in [4.78, 5) is 28.4. The number of carboxylic acid groups (broad SMARTS) is 1. The summed E-state index contributed by atoms with van der Waals surface area (Å²) in [6, 6.07) is 22.1. The Morgan fingerprint density at radius 2 is 1.62 bits per heavy atom. The van der Waals surface area contributed by atoms with Crippen LogP contribution < -0.4 is 19.5 Å². The zero-order valence-electron chi connectivity index (χ0n) is 25.0. The van der Waals surface area contributed by atoms with Crippen LogP contribution in [0.4, 0.5) is 5.69 Å². The number of aromatic carboxylic acids is 1. The summed E-state index contributed by atoms with van der Waals surface area (Å²) in [5.74, 6) is 0.136. The van der Waals surface area contributed by atoms with Gasteiger partial charge in [-0.15, -0.1) is 0 Å². The summed E-state index contributed by atoms with van der Waals surface area (Å²) in [5.41, 5.74) is 2.53. The van der Waals surface area contributed by atoms with Gasteiger partial charge in [-0.25, -0.2) is 22.9 Å². The molecule has 45 heavy (non-hydrogen) atoms. The minimum atomic E-state index is -3.59. The number of carboxylic acids is 1. The number of ether oxygens (including phenoxy) is 2. The molecule has 3 aromatic carbocycles. The van der Waals surface area contributed by atoms with Gasteiger partial charge in [-0.1, -0.05) is 30.3 Å². The lowest BCUT2D eigenvalue weighted by Crippen LogP contribution is -2.39. The lowest BCUT2D eigenvalue weighted by Gasteiger charge is -2.29. The molecule has 1 heterocycles. The fraction of sp³-hybridized carbons (Fsp3) is 0.265. The van der Waals surface area contributed by atoms with Gasteiger partial charge in [-0.05, 0) is 98.7 Å². The molecule has 0 atom stereocenters. The van der Waals surface area contributed by atoms with E-state index in [2.05, 4.69) is 15.0 Å². The molecular formula is C34H35N3O7S. The second-order valence-electron chi connectivity index (χ2n) is 11.1. The van der Waals surface area contributed by atoms with Crippen molar-refractivity contribution in [1.29, 1.82) is 0 Å². The second-order valence-corrected chi connectivity index (χ2v) is 12.8. The van der Waals surface area contributed by atoms with Gasteiger partial charge in [-0.3, -0.25) is 4.79 Å². The monoisotopic (exact) mass is 629 g/mol. The molecule has 1 saturated carbocycles. The van der Waals surface area contributed by atoms with Crippen molar-refractivity contribution in [2.45, 2.75) is 63.0 Å². The molecule has 11 heteroatoms.